The van der Waals surface area contributed by atoms with Gasteiger partial charge in [-0.1, -0.05) is 59.1 Å². The van der Waals surface area contributed by atoms with Crippen LogP contribution in [0.3, 0.4) is 0 Å². The van der Waals surface area contributed by atoms with Crippen LogP contribution in [0.15, 0.2) is 76.1 Å². The molecule has 3 rings (SSSR count). The van der Waals surface area contributed by atoms with Gasteiger partial charge < -0.3 is 5.32 Å². The maximum Gasteiger partial charge on any atom is 0.243 e. The van der Waals surface area contributed by atoms with Crippen LogP contribution in [0.25, 0.3) is 0 Å². The first-order valence-corrected chi connectivity index (χ1v) is 12.2. The summed E-state index contributed by atoms with van der Waals surface area (Å²) >= 11 is 15.9. The molecule has 0 unspecified atom stereocenters. The Balaban J connectivity index is 1.94. The molecule has 0 radical (unpaired) electrons. The summed E-state index contributed by atoms with van der Waals surface area (Å²) < 4.78 is 28.5. The van der Waals surface area contributed by atoms with Gasteiger partial charge in [0, 0.05) is 26.6 Å². The second-order valence-electron chi connectivity index (χ2n) is 6.81. The van der Waals surface area contributed by atoms with Gasteiger partial charge in [-0.05, 0) is 59.3 Å². The molecule has 31 heavy (non-hydrogen) atoms. The number of nitrogens with one attached hydrogen (secondary N) is 1. The number of benzene rings is 3. The quantitative estimate of drug-likeness (QED) is 0.405. The van der Waals surface area contributed by atoms with Gasteiger partial charge in [0.15, 0.2) is 0 Å². The predicted molar refractivity (Wildman–Crippen MR) is 128 cm³/mol. The van der Waals surface area contributed by atoms with Crippen molar-refractivity contribution in [3.8, 4) is 0 Å². The highest BCUT2D eigenvalue weighted by molar-refractivity contribution is 9.10. The zero-order chi connectivity index (χ0) is 22.6. The lowest BCUT2D eigenvalue weighted by Crippen LogP contribution is -2.37. The monoisotopic (exact) mass is 540 g/mol. The lowest BCUT2D eigenvalue weighted by atomic mass is 10.2. The number of carbonyl (C=O) groups is 1. The van der Waals surface area contributed by atoms with E-state index in [-0.39, 0.29) is 11.4 Å². The Hall–Kier alpha value is -1.90. The summed E-state index contributed by atoms with van der Waals surface area (Å²) in [6.45, 7) is 1.29. The average Bonchev–Trinajstić information content (AvgIpc) is 2.72. The SMILES string of the molecule is Cc1ccc(S(=O)(=O)N(CC(=O)Nc2ccccc2Br)Cc2c(Cl)cccc2Cl)cc1. The number of sulfonamides is 1. The van der Waals surface area contributed by atoms with Crippen LogP contribution in [0.5, 0.6) is 0 Å². The highest BCUT2D eigenvalue weighted by atomic mass is 79.9. The van der Waals surface area contributed by atoms with Crippen molar-refractivity contribution in [2.45, 2.75) is 18.4 Å². The summed E-state index contributed by atoms with van der Waals surface area (Å²) in [6.07, 6.45) is 0. The van der Waals surface area contributed by atoms with E-state index in [1.54, 1.807) is 48.5 Å². The lowest BCUT2D eigenvalue weighted by molar-refractivity contribution is -0.116. The van der Waals surface area contributed by atoms with Crippen molar-refractivity contribution in [2.75, 3.05) is 11.9 Å². The van der Waals surface area contributed by atoms with E-state index in [1.807, 2.05) is 13.0 Å². The fourth-order valence-electron chi connectivity index (χ4n) is 2.86. The normalized spacial score (nSPS) is 11.5. The van der Waals surface area contributed by atoms with Crippen molar-refractivity contribution >= 4 is 60.7 Å². The van der Waals surface area contributed by atoms with Gasteiger partial charge in [-0.15, -0.1) is 0 Å². The first kappa shape index (κ1) is 23.8. The Morgan fingerprint density at radius 1 is 0.968 bits per heavy atom. The average molecular weight is 542 g/mol. The number of aryl methyl sites for hydroxylation is 1. The van der Waals surface area contributed by atoms with Gasteiger partial charge in [0.05, 0.1) is 17.1 Å². The van der Waals surface area contributed by atoms with Crippen molar-refractivity contribution in [2.24, 2.45) is 0 Å². The number of carbonyl (C=O) groups excluding carboxylic acids is 1. The minimum Gasteiger partial charge on any atom is -0.324 e. The number of rotatable bonds is 7. The van der Waals surface area contributed by atoms with Crippen molar-refractivity contribution < 1.29 is 13.2 Å². The molecule has 0 aliphatic carbocycles. The molecule has 0 heterocycles. The van der Waals surface area contributed by atoms with Crippen molar-refractivity contribution in [3.63, 3.8) is 0 Å². The van der Waals surface area contributed by atoms with Crippen LogP contribution in [-0.2, 0) is 21.4 Å². The molecule has 0 aliphatic rings. The molecule has 1 N–H and O–H groups in total. The molecule has 0 bridgehead atoms. The topological polar surface area (TPSA) is 66.5 Å². The maximum absolute atomic E-state index is 13.4. The van der Waals surface area contributed by atoms with Gasteiger partial charge in [0.2, 0.25) is 15.9 Å². The van der Waals surface area contributed by atoms with Crippen molar-refractivity contribution in [1.29, 1.82) is 0 Å². The third kappa shape index (κ3) is 5.87. The summed E-state index contributed by atoms with van der Waals surface area (Å²) in [5, 5.41) is 3.37. The summed E-state index contributed by atoms with van der Waals surface area (Å²) in [6, 6.07) is 18.4. The van der Waals surface area contributed by atoms with Crippen molar-refractivity contribution in [3.05, 3.63) is 92.4 Å². The summed E-state index contributed by atoms with van der Waals surface area (Å²) in [7, 11) is -4.00. The van der Waals surface area contributed by atoms with Crippen molar-refractivity contribution in [1.82, 2.24) is 4.31 Å². The van der Waals surface area contributed by atoms with Crippen LogP contribution in [0.1, 0.15) is 11.1 Å². The fraction of sp³-hybridized carbons (Fsp3) is 0.136. The Bertz CT molecular complexity index is 1180. The Morgan fingerprint density at radius 2 is 1.58 bits per heavy atom. The zero-order valence-corrected chi connectivity index (χ0v) is 20.4. The first-order valence-electron chi connectivity index (χ1n) is 9.22. The Labute approximate surface area is 200 Å². The second-order valence-corrected chi connectivity index (χ2v) is 10.4. The summed E-state index contributed by atoms with van der Waals surface area (Å²) in [5.74, 6) is -0.495. The minimum atomic E-state index is -4.00. The number of hydrogen-bond donors (Lipinski definition) is 1. The molecule has 9 heteroatoms. The number of anilines is 1. The Kier molecular flexibility index (Phi) is 7.78. The van der Waals surface area contributed by atoms with Gasteiger partial charge >= 0.3 is 0 Å². The van der Waals surface area contributed by atoms with Crippen LogP contribution in [0, 0.1) is 6.92 Å². The van der Waals surface area contributed by atoms with Crippen LogP contribution < -0.4 is 5.32 Å². The van der Waals surface area contributed by atoms with Crippen LogP contribution in [0.4, 0.5) is 5.69 Å². The molecule has 1 amide bonds. The van der Waals surface area contributed by atoms with Gasteiger partial charge in [-0.25, -0.2) is 8.42 Å². The third-order valence-corrected chi connectivity index (χ3v) is 7.73. The molecule has 3 aromatic carbocycles. The summed E-state index contributed by atoms with van der Waals surface area (Å²) in [4.78, 5) is 12.8. The molecule has 0 saturated carbocycles. The number of amides is 1. The molecular weight excluding hydrogens is 523 g/mol. The highest BCUT2D eigenvalue weighted by Gasteiger charge is 2.28. The van der Waals surface area contributed by atoms with E-state index in [4.69, 9.17) is 23.2 Å². The molecule has 0 fully saturated rings. The lowest BCUT2D eigenvalue weighted by Gasteiger charge is -2.23. The predicted octanol–water partition coefficient (Wildman–Crippen LogP) is 5.89. The molecule has 162 valence electrons. The molecule has 3 aromatic rings. The fourth-order valence-corrected chi connectivity index (χ4v) is 5.12. The maximum atomic E-state index is 13.4. The van der Waals surface area contributed by atoms with Gasteiger partial charge in [0.25, 0.3) is 0 Å². The molecular formula is C22H19BrCl2N2O3S. The largest absolute Gasteiger partial charge is 0.324 e. The van der Waals surface area contributed by atoms with E-state index in [0.717, 1.165) is 9.87 Å². The van der Waals surface area contributed by atoms with Gasteiger partial charge in [-0.3, -0.25) is 4.79 Å². The second kappa shape index (κ2) is 10.1. The highest BCUT2D eigenvalue weighted by Crippen LogP contribution is 2.28. The first-order chi connectivity index (χ1) is 14.7. The number of hydrogen-bond acceptors (Lipinski definition) is 3. The third-order valence-electron chi connectivity index (χ3n) is 4.52. The number of halogens is 3. The number of nitrogens with zero attached hydrogens (tertiary/aromatic N) is 1. The van der Waals surface area contributed by atoms with E-state index in [1.165, 1.54) is 12.1 Å². The van der Waals surface area contributed by atoms with Crippen LogP contribution in [0.2, 0.25) is 10.0 Å². The summed E-state index contributed by atoms with van der Waals surface area (Å²) in [5.41, 5.74) is 1.89. The van der Waals surface area contributed by atoms with Crippen LogP contribution in [-0.4, -0.2) is 25.2 Å². The van der Waals surface area contributed by atoms with E-state index in [0.29, 0.717) is 25.8 Å². The molecule has 0 aliphatic heterocycles. The minimum absolute atomic E-state index is 0.0787. The molecule has 5 nitrogen and oxygen atoms in total. The molecule has 0 spiro atoms. The van der Waals surface area contributed by atoms with E-state index >= 15 is 0 Å². The standard InChI is InChI=1S/C22H19BrCl2N2O3S/c1-15-9-11-16(12-10-15)31(29,30)27(13-17-19(24)6-4-7-20(17)25)14-22(28)26-21-8-3-2-5-18(21)23/h2-12H,13-14H2,1H3,(H,26,28). The van der Waals surface area contributed by atoms with E-state index < -0.39 is 22.5 Å². The van der Waals surface area contributed by atoms with E-state index in [9.17, 15) is 13.2 Å². The Morgan fingerprint density at radius 3 is 2.19 bits per heavy atom. The molecule has 0 saturated heterocycles. The van der Waals surface area contributed by atoms with E-state index in [2.05, 4.69) is 21.2 Å². The molecule has 0 aromatic heterocycles. The molecule has 0 atom stereocenters. The smallest absolute Gasteiger partial charge is 0.243 e. The zero-order valence-electron chi connectivity index (χ0n) is 16.5. The van der Waals surface area contributed by atoms with Gasteiger partial charge in [-0.2, -0.15) is 4.31 Å². The van der Waals surface area contributed by atoms with Gasteiger partial charge in [0.1, 0.15) is 0 Å². The van der Waals surface area contributed by atoms with Crippen LogP contribution >= 0.6 is 39.1 Å². The number of para-hydroxylation sites is 1.